The predicted octanol–water partition coefficient (Wildman–Crippen LogP) is 4.24. The van der Waals surface area contributed by atoms with Gasteiger partial charge >= 0.3 is 0 Å². The van der Waals surface area contributed by atoms with Crippen LogP contribution in [0, 0.1) is 0 Å². The molecular weight excluding hydrogens is 341 g/mol. The van der Waals surface area contributed by atoms with Crippen molar-refractivity contribution in [3.8, 4) is 11.1 Å². The smallest absolute Gasteiger partial charge is 0.198 e. The minimum atomic E-state index is -1.37. The number of rotatable bonds is 2. The molecule has 0 amide bonds. The number of fused-ring (bicyclic) bond motifs is 1. The highest BCUT2D eigenvalue weighted by atomic mass is 35.5. The van der Waals surface area contributed by atoms with E-state index in [4.69, 9.17) is 23.2 Å². The molecule has 112 valence electrons. The highest BCUT2D eigenvalue weighted by molar-refractivity contribution is 7.84. The van der Waals surface area contributed by atoms with Crippen LogP contribution >= 0.6 is 23.2 Å². The molecule has 1 N–H and O–H groups in total. The molecule has 0 aliphatic rings. The van der Waals surface area contributed by atoms with Crippen LogP contribution in [0.25, 0.3) is 22.0 Å². The van der Waals surface area contributed by atoms with Crippen molar-refractivity contribution in [1.29, 1.82) is 0 Å². The number of nitrogens with one attached hydrogen (secondary N) is 1. The van der Waals surface area contributed by atoms with Crippen molar-refractivity contribution in [1.82, 2.24) is 4.98 Å². The number of halogens is 2. The maximum Gasteiger partial charge on any atom is 0.198 e. The van der Waals surface area contributed by atoms with E-state index in [2.05, 4.69) is 4.98 Å². The third-order valence-electron chi connectivity index (χ3n) is 3.36. The molecule has 1 atom stereocenters. The highest BCUT2D eigenvalue weighted by Gasteiger charge is 2.18. The van der Waals surface area contributed by atoms with Gasteiger partial charge in [-0.2, -0.15) is 0 Å². The molecule has 1 aromatic heterocycles. The average Bonchev–Trinajstić information content (AvgIpc) is 2.48. The molecule has 3 nitrogen and oxygen atoms in total. The van der Waals surface area contributed by atoms with Gasteiger partial charge in [0.2, 0.25) is 0 Å². The topological polar surface area (TPSA) is 49.9 Å². The van der Waals surface area contributed by atoms with E-state index in [0.29, 0.717) is 37.1 Å². The zero-order valence-electron chi connectivity index (χ0n) is 11.5. The van der Waals surface area contributed by atoms with E-state index in [0.717, 1.165) is 0 Å². The summed E-state index contributed by atoms with van der Waals surface area (Å²) in [6.07, 6.45) is 1.52. The Morgan fingerprint density at radius 2 is 1.82 bits per heavy atom. The van der Waals surface area contributed by atoms with Crippen molar-refractivity contribution in [3.05, 3.63) is 62.7 Å². The molecule has 3 aromatic rings. The quantitative estimate of drug-likeness (QED) is 0.750. The van der Waals surface area contributed by atoms with E-state index in [1.165, 1.54) is 6.26 Å². The van der Waals surface area contributed by atoms with E-state index >= 15 is 0 Å². The summed E-state index contributed by atoms with van der Waals surface area (Å²) in [5, 5.41) is 1.70. The Morgan fingerprint density at radius 3 is 2.50 bits per heavy atom. The number of benzene rings is 2. The van der Waals surface area contributed by atoms with Crippen LogP contribution in [0.4, 0.5) is 0 Å². The molecule has 6 heteroatoms. The van der Waals surface area contributed by atoms with Crippen molar-refractivity contribution in [2.45, 2.75) is 5.03 Å². The van der Waals surface area contributed by atoms with Crippen molar-refractivity contribution >= 4 is 44.9 Å². The average molecular weight is 352 g/mol. The lowest BCUT2D eigenvalue weighted by Gasteiger charge is -2.11. The van der Waals surface area contributed by atoms with Gasteiger partial charge in [-0.1, -0.05) is 41.4 Å². The third kappa shape index (κ3) is 2.58. The number of hydrogen-bond acceptors (Lipinski definition) is 2. The summed E-state index contributed by atoms with van der Waals surface area (Å²) in [5.41, 5.74) is 1.28. The summed E-state index contributed by atoms with van der Waals surface area (Å²) in [7, 11) is -1.37. The lowest BCUT2D eigenvalue weighted by Crippen LogP contribution is -2.12. The zero-order valence-corrected chi connectivity index (χ0v) is 13.9. The molecule has 0 saturated carbocycles. The van der Waals surface area contributed by atoms with Gasteiger partial charge in [-0.05, 0) is 24.3 Å². The largest absolute Gasteiger partial charge is 0.347 e. The van der Waals surface area contributed by atoms with Crippen LogP contribution < -0.4 is 5.43 Å². The fourth-order valence-corrected chi connectivity index (χ4v) is 3.61. The summed E-state index contributed by atoms with van der Waals surface area (Å²) in [5.74, 6) is 0. The van der Waals surface area contributed by atoms with Crippen LogP contribution in [0.15, 0.2) is 52.3 Å². The van der Waals surface area contributed by atoms with E-state index in [-0.39, 0.29) is 5.43 Å². The van der Waals surface area contributed by atoms with E-state index in [1.807, 2.05) is 6.07 Å². The van der Waals surface area contributed by atoms with Crippen molar-refractivity contribution < 1.29 is 4.21 Å². The Bertz CT molecular complexity index is 966. The van der Waals surface area contributed by atoms with Crippen LogP contribution in [-0.4, -0.2) is 15.4 Å². The number of hydrogen-bond donors (Lipinski definition) is 1. The molecule has 0 bridgehead atoms. The van der Waals surface area contributed by atoms with Gasteiger partial charge in [-0.25, -0.2) is 0 Å². The first kappa shape index (κ1) is 15.3. The Hall–Kier alpha value is -1.62. The number of H-pyrrole nitrogens is 1. The SMILES string of the molecule is CS(=O)c1[nH]c2ccccc2c(=O)c1-c1ccc(Cl)cc1Cl. The van der Waals surface area contributed by atoms with Gasteiger partial charge < -0.3 is 4.98 Å². The second-order valence-corrected chi connectivity index (χ2v) is 6.94. The Labute approximate surface area is 139 Å². The Kier molecular flexibility index (Phi) is 4.08. The van der Waals surface area contributed by atoms with Gasteiger partial charge in [0.05, 0.1) is 26.9 Å². The third-order valence-corrected chi connectivity index (χ3v) is 4.79. The highest BCUT2D eigenvalue weighted by Crippen LogP contribution is 2.32. The molecule has 0 spiro atoms. The Morgan fingerprint density at radius 1 is 1.09 bits per heavy atom. The second-order valence-electron chi connectivity index (χ2n) is 4.78. The van der Waals surface area contributed by atoms with Gasteiger partial charge in [0.1, 0.15) is 5.03 Å². The van der Waals surface area contributed by atoms with Gasteiger partial charge in [0, 0.05) is 22.2 Å². The van der Waals surface area contributed by atoms with Gasteiger partial charge in [0.25, 0.3) is 0 Å². The first-order valence-electron chi connectivity index (χ1n) is 6.43. The fraction of sp³-hybridized carbons (Fsp3) is 0.0625. The van der Waals surface area contributed by atoms with Crippen LogP contribution in [0.5, 0.6) is 0 Å². The molecule has 3 rings (SSSR count). The number of aromatic amines is 1. The summed E-state index contributed by atoms with van der Waals surface area (Å²) >= 11 is 12.1. The number of para-hydroxylation sites is 1. The molecule has 22 heavy (non-hydrogen) atoms. The summed E-state index contributed by atoms with van der Waals surface area (Å²) in [6, 6.07) is 12.0. The first-order valence-corrected chi connectivity index (χ1v) is 8.74. The molecule has 0 saturated heterocycles. The standard InChI is InChI=1S/C16H11Cl2NO2S/c1-22(21)16-14(10-7-6-9(17)8-12(10)18)15(20)11-4-2-3-5-13(11)19-16/h2-8H,1H3,(H,19,20). The van der Waals surface area contributed by atoms with Crippen LogP contribution in [0.3, 0.4) is 0 Å². The predicted molar refractivity (Wildman–Crippen MR) is 92.4 cm³/mol. The van der Waals surface area contributed by atoms with E-state index < -0.39 is 10.8 Å². The first-order chi connectivity index (χ1) is 10.5. The van der Waals surface area contributed by atoms with Gasteiger partial charge in [0.15, 0.2) is 5.43 Å². The zero-order chi connectivity index (χ0) is 15.9. The van der Waals surface area contributed by atoms with Gasteiger partial charge in [-0.15, -0.1) is 0 Å². The summed E-state index contributed by atoms with van der Waals surface area (Å²) in [6.45, 7) is 0. The number of pyridine rings is 1. The molecule has 0 aliphatic carbocycles. The lowest BCUT2D eigenvalue weighted by atomic mass is 10.0. The van der Waals surface area contributed by atoms with E-state index in [1.54, 1.807) is 36.4 Å². The van der Waals surface area contributed by atoms with Crippen molar-refractivity contribution in [2.75, 3.05) is 6.26 Å². The van der Waals surface area contributed by atoms with Gasteiger partial charge in [-0.3, -0.25) is 9.00 Å². The second kappa shape index (κ2) is 5.88. The number of aromatic nitrogens is 1. The molecular formula is C16H11Cl2NO2S. The minimum Gasteiger partial charge on any atom is -0.347 e. The summed E-state index contributed by atoms with van der Waals surface area (Å²) < 4.78 is 12.1. The van der Waals surface area contributed by atoms with Crippen LogP contribution in [-0.2, 0) is 10.8 Å². The maximum atomic E-state index is 12.8. The van der Waals surface area contributed by atoms with Crippen molar-refractivity contribution in [3.63, 3.8) is 0 Å². The van der Waals surface area contributed by atoms with Crippen molar-refractivity contribution in [2.24, 2.45) is 0 Å². The molecule has 0 fully saturated rings. The van der Waals surface area contributed by atoms with Crippen LogP contribution in [0.1, 0.15) is 0 Å². The molecule has 0 aliphatic heterocycles. The monoisotopic (exact) mass is 351 g/mol. The maximum absolute atomic E-state index is 12.8. The molecule has 0 radical (unpaired) electrons. The minimum absolute atomic E-state index is 0.205. The summed E-state index contributed by atoms with van der Waals surface area (Å²) in [4.78, 5) is 15.9. The fourth-order valence-electron chi connectivity index (χ4n) is 2.37. The molecule has 2 aromatic carbocycles. The molecule has 1 heterocycles. The Balaban J connectivity index is 2.46. The molecule has 1 unspecified atom stereocenters. The van der Waals surface area contributed by atoms with Crippen LogP contribution in [0.2, 0.25) is 10.0 Å². The lowest BCUT2D eigenvalue weighted by molar-refractivity contribution is 0.684. The van der Waals surface area contributed by atoms with E-state index in [9.17, 15) is 9.00 Å². The normalized spacial score (nSPS) is 12.5.